The molecule has 0 saturated heterocycles. The van der Waals surface area contributed by atoms with Crippen molar-refractivity contribution >= 4 is 33.7 Å². The molecule has 1 heterocycles. The first-order chi connectivity index (χ1) is 9.33. The standard InChI is InChI=1S/C14H23N3O2S/c1-6-17(7-8(2)3)14-10(13(19)16-5)11(15)12(20-14)9(4)18/h8H,6-7,15H2,1-5H3,(H,16,19). The molecule has 0 saturated carbocycles. The molecule has 0 fully saturated rings. The van der Waals surface area contributed by atoms with Crippen LogP contribution in [-0.4, -0.2) is 31.8 Å². The SMILES string of the molecule is CCN(CC(C)C)c1sc(C(C)=O)c(N)c1C(=O)NC. The highest BCUT2D eigenvalue weighted by Gasteiger charge is 2.26. The highest BCUT2D eigenvalue weighted by atomic mass is 32.1. The number of ketones is 1. The largest absolute Gasteiger partial charge is 0.397 e. The number of Topliss-reactive ketones (excluding diaryl/α,β-unsaturated/α-hetero) is 1. The van der Waals surface area contributed by atoms with Gasteiger partial charge >= 0.3 is 0 Å². The summed E-state index contributed by atoms with van der Waals surface area (Å²) in [5.74, 6) is 0.101. The summed E-state index contributed by atoms with van der Waals surface area (Å²) in [5.41, 5.74) is 6.72. The lowest BCUT2D eigenvalue weighted by atomic mass is 10.1. The smallest absolute Gasteiger partial charge is 0.256 e. The van der Waals surface area contributed by atoms with Gasteiger partial charge in [-0.05, 0) is 12.8 Å². The van der Waals surface area contributed by atoms with Crippen LogP contribution in [0.2, 0.25) is 0 Å². The molecule has 20 heavy (non-hydrogen) atoms. The van der Waals surface area contributed by atoms with Crippen LogP contribution in [0.3, 0.4) is 0 Å². The van der Waals surface area contributed by atoms with Gasteiger partial charge in [-0.3, -0.25) is 9.59 Å². The average Bonchev–Trinajstić information content (AvgIpc) is 2.72. The molecular weight excluding hydrogens is 274 g/mol. The van der Waals surface area contributed by atoms with Crippen LogP contribution in [0.25, 0.3) is 0 Å². The fourth-order valence-corrected chi connectivity index (χ4v) is 3.24. The van der Waals surface area contributed by atoms with Crippen LogP contribution in [-0.2, 0) is 0 Å². The molecule has 0 atom stereocenters. The summed E-state index contributed by atoms with van der Waals surface area (Å²) < 4.78 is 0. The minimum absolute atomic E-state index is 0.107. The summed E-state index contributed by atoms with van der Waals surface area (Å²) in [4.78, 5) is 26.3. The summed E-state index contributed by atoms with van der Waals surface area (Å²) >= 11 is 1.30. The Bertz CT molecular complexity index is 509. The zero-order valence-corrected chi connectivity index (χ0v) is 13.6. The number of thiophene rings is 1. The number of nitrogens with two attached hydrogens (primary N) is 1. The van der Waals surface area contributed by atoms with Gasteiger partial charge < -0.3 is 16.0 Å². The van der Waals surface area contributed by atoms with Crippen molar-refractivity contribution in [3.05, 3.63) is 10.4 Å². The molecule has 1 aromatic heterocycles. The fraction of sp³-hybridized carbons (Fsp3) is 0.571. The molecule has 0 aliphatic heterocycles. The van der Waals surface area contributed by atoms with Crippen molar-refractivity contribution < 1.29 is 9.59 Å². The molecule has 0 aromatic carbocycles. The van der Waals surface area contributed by atoms with Crippen LogP contribution in [0.15, 0.2) is 0 Å². The lowest BCUT2D eigenvalue weighted by Crippen LogP contribution is -2.29. The molecule has 0 aliphatic rings. The van der Waals surface area contributed by atoms with Gasteiger partial charge in [-0.1, -0.05) is 13.8 Å². The van der Waals surface area contributed by atoms with Crippen molar-refractivity contribution in [3.63, 3.8) is 0 Å². The first-order valence-electron chi connectivity index (χ1n) is 6.73. The Kier molecular flexibility index (Phi) is 5.56. The molecule has 0 aliphatic carbocycles. The Morgan fingerprint density at radius 2 is 2.00 bits per heavy atom. The predicted molar refractivity (Wildman–Crippen MR) is 84.9 cm³/mol. The maximum Gasteiger partial charge on any atom is 0.256 e. The van der Waals surface area contributed by atoms with Crippen molar-refractivity contribution in [2.75, 3.05) is 30.8 Å². The monoisotopic (exact) mass is 297 g/mol. The summed E-state index contributed by atoms with van der Waals surface area (Å²) in [7, 11) is 1.56. The lowest BCUT2D eigenvalue weighted by molar-refractivity contribution is 0.0964. The van der Waals surface area contributed by atoms with Gasteiger partial charge in [-0.25, -0.2) is 0 Å². The number of anilines is 2. The summed E-state index contributed by atoms with van der Waals surface area (Å²) in [5, 5.41) is 3.38. The quantitative estimate of drug-likeness (QED) is 0.790. The van der Waals surface area contributed by atoms with Crippen molar-refractivity contribution in [1.82, 2.24) is 5.32 Å². The van der Waals surface area contributed by atoms with E-state index < -0.39 is 0 Å². The van der Waals surface area contributed by atoms with Gasteiger partial charge in [0.05, 0.1) is 16.1 Å². The average molecular weight is 297 g/mol. The number of nitrogens with zero attached hydrogens (tertiary/aromatic N) is 1. The maximum absolute atomic E-state index is 12.1. The van der Waals surface area contributed by atoms with E-state index in [4.69, 9.17) is 5.73 Å². The normalized spacial score (nSPS) is 10.7. The first-order valence-corrected chi connectivity index (χ1v) is 7.55. The highest BCUT2D eigenvalue weighted by Crippen LogP contribution is 2.38. The predicted octanol–water partition coefficient (Wildman–Crippen LogP) is 2.37. The maximum atomic E-state index is 12.1. The highest BCUT2D eigenvalue weighted by molar-refractivity contribution is 7.19. The molecule has 0 bridgehead atoms. The van der Waals surface area contributed by atoms with E-state index in [1.807, 2.05) is 6.92 Å². The van der Waals surface area contributed by atoms with Crippen LogP contribution in [0.4, 0.5) is 10.7 Å². The number of amides is 1. The van der Waals surface area contributed by atoms with Crippen molar-refractivity contribution in [2.45, 2.75) is 27.7 Å². The van der Waals surface area contributed by atoms with Crippen LogP contribution in [0, 0.1) is 5.92 Å². The molecule has 3 N–H and O–H groups in total. The number of nitrogens with one attached hydrogen (secondary N) is 1. The topological polar surface area (TPSA) is 75.4 Å². The Labute approximate surface area is 124 Å². The van der Waals surface area contributed by atoms with E-state index in [9.17, 15) is 9.59 Å². The number of rotatable bonds is 6. The molecule has 0 spiro atoms. The van der Waals surface area contributed by atoms with Crippen LogP contribution < -0.4 is 16.0 Å². The van der Waals surface area contributed by atoms with Crippen LogP contribution in [0.1, 0.15) is 47.7 Å². The molecular formula is C14H23N3O2S. The Morgan fingerprint density at radius 3 is 2.40 bits per heavy atom. The molecule has 0 unspecified atom stereocenters. The van der Waals surface area contributed by atoms with Crippen molar-refractivity contribution in [3.8, 4) is 0 Å². The van der Waals surface area contributed by atoms with Gasteiger partial charge in [0, 0.05) is 27.1 Å². The number of hydrogen-bond donors (Lipinski definition) is 2. The molecule has 112 valence electrons. The molecule has 0 radical (unpaired) electrons. The van der Waals surface area contributed by atoms with Gasteiger partial charge in [-0.2, -0.15) is 0 Å². The van der Waals surface area contributed by atoms with E-state index in [1.165, 1.54) is 18.3 Å². The second-order valence-corrected chi connectivity index (χ2v) is 6.09. The first kappa shape index (κ1) is 16.5. The van der Waals surface area contributed by atoms with Gasteiger partial charge in [-0.15, -0.1) is 11.3 Å². The van der Waals surface area contributed by atoms with Crippen molar-refractivity contribution in [1.29, 1.82) is 0 Å². The van der Waals surface area contributed by atoms with E-state index in [1.54, 1.807) is 7.05 Å². The zero-order valence-electron chi connectivity index (χ0n) is 12.7. The molecule has 5 nitrogen and oxygen atoms in total. The van der Waals surface area contributed by atoms with Crippen LogP contribution >= 0.6 is 11.3 Å². The zero-order chi connectivity index (χ0) is 15.4. The Hall–Kier alpha value is -1.56. The third-order valence-corrected chi connectivity index (χ3v) is 4.32. The van der Waals surface area contributed by atoms with E-state index >= 15 is 0 Å². The summed E-state index contributed by atoms with van der Waals surface area (Å²) in [6.07, 6.45) is 0. The van der Waals surface area contributed by atoms with E-state index in [-0.39, 0.29) is 11.7 Å². The molecule has 1 aromatic rings. The lowest BCUT2D eigenvalue weighted by Gasteiger charge is -2.24. The second-order valence-electron chi connectivity index (χ2n) is 5.09. The van der Waals surface area contributed by atoms with Gasteiger partial charge in [0.15, 0.2) is 5.78 Å². The summed E-state index contributed by atoms with van der Waals surface area (Å²) in [6.45, 7) is 9.31. The van der Waals surface area contributed by atoms with Gasteiger partial charge in [0.2, 0.25) is 0 Å². The minimum Gasteiger partial charge on any atom is -0.397 e. The third kappa shape index (κ3) is 3.30. The number of nitrogen functional groups attached to an aromatic ring is 1. The van der Waals surface area contributed by atoms with Gasteiger partial charge in [0.1, 0.15) is 5.00 Å². The Balaban J connectivity index is 3.39. The number of carbonyl (C=O) groups is 2. The van der Waals surface area contributed by atoms with E-state index in [0.717, 1.165) is 18.1 Å². The number of hydrogen-bond acceptors (Lipinski definition) is 5. The molecule has 6 heteroatoms. The van der Waals surface area contributed by atoms with Crippen LogP contribution in [0.5, 0.6) is 0 Å². The number of carbonyl (C=O) groups excluding carboxylic acids is 2. The fourth-order valence-electron chi connectivity index (χ4n) is 2.06. The summed E-state index contributed by atoms with van der Waals surface area (Å²) in [6, 6.07) is 0. The van der Waals surface area contributed by atoms with E-state index in [0.29, 0.717) is 22.0 Å². The third-order valence-electron chi connectivity index (χ3n) is 2.95. The second kappa shape index (κ2) is 6.74. The van der Waals surface area contributed by atoms with Gasteiger partial charge in [0.25, 0.3) is 5.91 Å². The van der Waals surface area contributed by atoms with E-state index in [2.05, 4.69) is 24.1 Å². The van der Waals surface area contributed by atoms with Crippen molar-refractivity contribution in [2.24, 2.45) is 5.92 Å². The minimum atomic E-state index is -0.247. The molecule has 1 rings (SSSR count). The Morgan fingerprint density at radius 1 is 1.40 bits per heavy atom. The molecule has 1 amide bonds.